The van der Waals surface area contributed by atoms with Crippen molar-refractivity contribution in [2.24, 2.45) is 23.2 Å². The third kappa shape index (κ3) is 3.38. The van der Waals surface area contributed by atoms with E-state index in [9.17, 15) is 9.59 Å². The lowest BCUT2D eigenvalue weighted by molar-refractivity contribution is -0.157. The molecule has 5 fully saturated rings. The minimum atomic E-state index is -0.236. The number of hydrogen-bond donors (Lipinski definition) is 0. The van der Waals surface area contributed by atoms with Crippen LogP contribution in [-0.4, -0.2) is 58.9 Å². The molecule has 0 aromatic carbocycles. The van der Waals surface area contributed by atoms with Crippen molar-refractivity contribution in [2.75, 3.05) is 32.8 Å². The van der Waals surface area contributed by atoms with Gasteiger partial charge in [-0.1, -0.05) is 29.8 Å². The van der Waals surface area contributed by atoms with Gasteiger partial charge in [-0.3, -0.25) is 4.79 Å². The van der Waals surface area contributed by atoms with Crippen LogP contribution in [0.2, 0.25) is 0 Å². The first-order valence-corrected chi connectivity index (χ1v) is 11.0. The highest BCUT2D eigenvalue weighted by Crippen LogP contribution is 2.64. The largest absolute Gasteiger partial charge is 0.449 e. The lowest BCUT2D eigenvalue weighted by atomic mass is 9.49. The summed E-state index contributed by atoms with van der Waals surface area (Å²) in [6.45, 7) is 6.98. The predicted octanol–water partition coefficient (Wildman–Crippen LogP) is 3.66. The number of piperazine rings is 1. The lowest BCUT2D eigenvalue weighted by Crippen LogP contribution is -2.61. The maximum absolute atomic E-state index is 13.5. The highest BCUT2D eigenvalue weighted by atomic mass is 79.9. The molecule has 2 amide bonds. The molecule has 4 bridgehead atoms. The summed E-state index contributed by atoms with van der Waals surface area (Å²) in [5, 5.41) is 0. The van der Waals surface area contributed by atoms with Gasteiger partial charge in [0.1, 0.15) is 0 Å². The Morgan fingerprint density at radius 2 is 1.62 bits per heavy atom. The van der Waals surface area contributed by atoms with E-state index in [1.165, 1.54) is 19.3 Å². The molecule has 0 radical (unpaired) electrons. The maximum Gasteiger partial charge on any atom is 0.409 e. The van der Waals surface area contributed by atoms with Gasteiger partial charge in [-0.2, -0.15) is 0 Å². The molecule has 26 heavy (non-hydrogen) atoms. The second-order valence-electron chi connectivity index (χ2n) is 9.64. The standard InChI is InChI=1S/C20H31BrN2O3/c1-14(2)12-26-18(25)23-5-3-22(4-6-23)17(24)19-8-15-7-16(9-19)11-20(21,10-15)13-19/h14-16H,3-13H2,1-2H3. The number of hydrogen-bond acceptors (Lipinski definition) is 3. The lowest BCUT2D eigenvalue weighted by Gasteiger charge is -2.60. The van der Waals surface area contributed by atoms with Crippen LogP contribution < -0.4 is 0 Å². The van der Waals surface area contributed by atoms with Gasteiger partial charge in [0, 0.05) is 30.5 Å². The van der Waals surface area contributed by atoms with Crippen molar-refractivity contribution in [3.8, 4) is 0 Å². The van der Waals surface area contributed by atoms with E-state index in [1.54, 1.807) is 4.90 Å². The zero-order valence-corrected chi connectivity index (χ0v) is 17.6. The number of alkyl halides is 1. The van der Waals surface area contributed by atoms with Crippen LogP contribution in [0, 0.1) is 23.2 Å². The summed E-state index contributed by atoms with van der Waals surface area (Å²) < 4.78 is 5.53. The molecule has 5 nitrogen and oxygen atoms in total. The molecule has 0 aromatic rings. The number of rotatable bonds is 3. The topological polar surface area (TPSA) is 49.9 Å². The SMILES string of the molecule is CC(C)COC(=O)N1CCN(C(=O)C23CC4CC(CC(Br)(C4)C2)C3)CC1. The van der Waals surface area contributed by atoms with Crippen LogP contribution in [0.4, 0.5) is 4.79 Å². The molecule has 2 unspecified atom stereocenters. The molecule has 4 aliphatic carbocycles. The summed E-state index contributed by atoms with van der Waals surface area (Å²) in [5.41, 5.74) is -0.145. The van der Waals surface area contributed by atoms with Gasteiger partial charge < -0.3 is 14.5 Å². The van der Waals surface area contributed by atoms with Gasteiger partial charge in [0.05, 0.1) is 12.0 Å². The van der Waals surface area contributed by atoms with E-state index in [2.05, 4.69) is 15.9 Å². The van der Waals surface area contributed by atoms with E-state index < -0.39 is 0 Å². The number of carbonyl (C=O) groups excluding carboxylic acids is 2. The fourth-order valence-corrected chi connectivity index (χ4v) is 7.61. The summed E-state index contributed by atoms with van der Waals surface area (Å²) in [7, 11) is 0. The van der Waals surface area contributed by atoms with E-state index in [0.29, 0.717) is 56.4 Å². The number of carbonyl (C=O) groups is 2. The number of ether oxygens (including phenoxy) is 1. The van der Waals surface area contributed by atoms with Crippen LogP contribution >= 0.6 is 15.9 Å². The van der Waals surface area contributed by atoms with Gasteiger partial charge in [-0.05, 0) is 56.3 Å². The third-order valence-electron chi connectivity index (χ3n) is 6.81. The Balaban J connectivity index is 1.36. The number of nitrogens with zero attached hydrogens (tertiary/aromatic N) is 2. The normalized spacial score (nSPS) is 38.8. The average Bonchev–Trinajstić information content (AvgIpc) is 2.57. The Morgan fingerprint density at radius 3 is 2.15 bits per heavy atom. The minimum absolute atomic E-state index is 0.145. The van der Waals surface area contributed by atoms with Crippen molar-refractivity contribution >= 4 is 27.9 Å². The first-order valence-electron chi connectivity index (χ1n) is 10.2. The van der Waals surface area contributed by atoms with Crippen molar-refractivity contribution in [1.29, 1.82) is 0 Å². The third-order valence-corrected chi connectivity index (χ3v) is 7.74. The second-order valence-corrected chi connectivity index (χ2v) is 11.3. The van der Waals surface area contributed by atoms with Crippen LogP contribution in [0.5, 0.6) is 0 Å². The number of halogens is 1. The molecule has 1 heterocycles. The summed E-state index contributed by atoms with van der Waals surface area (Å²) in [5.74, 6) is 2.12. The van der Waals surface area contributed by atoms with Crippen molar-refractivity contribution < 1.29 is 14.3 Å². The second kappa shape index (κ2) is 6.68. The molecule has 2 atom stereocenters. The van der Waals surface area contributed by atoms with Gasteiger partial charge in [-0.25, -0.2) is 4.79 Å². The fraction of sp³-hybridized carbons (Fsp3) is 0.900. The van der Waals surface area contributed by atoms with Crippen LogP contribution in [0.1, 0.15) is 52.4 Å². The molecule has 1 aliphatic heterocycles. The van der Waals surface area contributed by atoms with Crippen molar-refractivity contribution in [1.82, 2.24) is 9.80 Å². The molecule has 1 saturated heterocycles. The quantitative estimate of drug-likeness (QED) is 0.646. The molecular formula is C20H31BrN2O3. The molecule has 146 valence electrons. The average molecular weight is 427 g/mol. The van der Waals surface area contributed by atoms with Gasteiger partial charge in [0.15, 0.2) is 0 Å². The first-order chi connectivity index (χ1) is 12.3. The highest BCUT2D eigenvalue weighted by Gasteiger charge is 2.60. The Bertz CT molecular complexity index is 572. The van der Waals surface area contributed by atoms with Gasteiger partial charge in [-0.15, -0.1) is 0 Å². The van der Waals surface area contributed by atoms with E-state index in [1.807, 2.05) is 18.7 Å². The van der Waals surface area contributed by atoms with Gasteiger partial charge in [0.25, 0.3) is 0 Å². The van der Waals surface area contributed by atoms with Crippen LogP contribution in [0.25, 0.3) is 0 Å². The molecule has 5 rings (SSSR count). The Labute approximate surface area is 164 Å². The maximum atomic E-state index is 13.5. The van der Waals surface area contributed by atoms with Gasteiger partial charge in [0.2, 0.25) is 5.91 Å². The zero-order chi connectivity index (χ0) is 18.5. The Hall–Kier alpha value is -0.780. The van der Waals surface area contributed by atoms with Crippen LogP contribution in [0.3, 0.4) is 0 Å². The van der Waals surface area contributed by atoms with E-state index >= 15 is 0 Å². The van der Waals surface area contributed by atoms with E-state index in [0.717, 1.165) is 19.3 Å². The minimum Gasteiger partial charge on any atom is -0.449 e. The molecule has 0 spiro atoms. The van der Waals surface area contributed by atoms with E-state index in [4.69, 9.17) is 4.74 Å². The summed E-state index contributed by atoms with van der Waals surface area (Å²) in [4.78, 5) is 29.4. The summed E-state index contributed by atoms with van der Waals surface area (Å²) in [6, 6.07) is 0. The van der Waals surface area contributed by atoms with Crippen LogP contribution in [-0.2, 0) is 9.53 Å². The number of amides is 2. The molecule has 4 saturated carbocycles. The summed E-state index contributed by atoms with van der Waals surface area (Å²) in [6.07, 6.45) is 6.72. The van der Waals surface area contributed by atoms with E-state index in [-0.39, 0.29) is 15.8 Å². The predicted molar refractivity (Wildman–Crippen MR) is 103 cm³/mol. The highest BCUT2D eigenvalue weighted by molar-refractivity contribution is 9.10. The first kappa shape index (κ1) is 18.6. The molecule has 0 N–H and O–H groups in total. The fourth-order valence-electron chi connectivity index (χ4n) is 6.16. The zero-order valence-electron chi connectivity index (χ0n) is 16.0. The molecular weight excluding hydrogens is 396 g/mol. The molecule has 0 aromatic heterocycles. The van der Waals surface area contributed by atoms with Crippen molar-refractivity contribution in [3.63, 3.8) is 0 Å². The molecule has 6 heteroatoms. The Kier molecular flexibility index (Phi) is 4.77. The Morgan fingerprint density at radius 1 is 1.04 bits per heavy atom. The van der Waals surface area contributed by atoms with Crippen molar-refractivity contribution in [2.45, 2.75) is 56.7 Å². The molecule has 5 aliphatic rings. The van der Waals surface area contributed by atoms with Crippen molar-refractivity contribution in [3.05, 3.63) is 0 Å². The smallest absolute Gasteiger partial charge is 0.409 e. The summed E-state index contributed by atoms with van der Waals surface area (Å²) >= 11 is 4.00. The monoisotopic (exact) mass is 426 g/mol. The van der Waals surface area contributed by atoms with Gasteiger partial charge >= 0.3 is 6.09 Å². The van der Waals surface area contributed by atoms with Crippen LogP contribution in [0.15, 0.2) is 0 Å².